The molecule has 1 aliphatic heterocycles. The van der Waals surface area contributed by atoms with Crippen molar-refractivity contribution in [2.75, 3.05) is 26.2 Å². The van der Waals surface area contributed by atoms with Gasteiger partial charge in [-0.2, -0.15) is 0 Å². The van der Waals surface area contributed by atoms with Crippen LogP contribution in [0.3, 0.4) is 0 Å². The Bertz CT molecular complexity index is 1060. The van der Waals surface area contributed by atoms with Crippen LogP contribution in [0.15, 0.2) is 48.5 Å². The van der Waals surface area contributed by atoms with Crippen molar-refractivity contribution in [3.8, 4) is 11.1 Å². The molecule has 1 aliphatic carbocycles. The number of likely N-dealkylation sites (tertiary alicyclic amines) is 1. The zero-order chi connectivity index (χ0) is 25.0. The van der Waals surface area contributed by atoms with E-state index in [0.29, 0.717) is 19.4 Å². The molecule has 186 valence electrons. The lowest BCUT2D eigenvalue weighted by atomic mass is 9.98. The monoisotopic (exact) mass is 480 g/mol. The number of carboxylic acid groups (broad SMARTS) is 1. The van der Waals surface area contributed by atoms with E-state index in [2.05, 4.69) is 29.6 Å². The first-order chi connectivity index (χ1) is 16.8. The maximum Gasteiger partial charge on any atom is 0.407 e. The van der Waals surface area contributed by atoms with Crippen molar-refractivity contribution in [3.63, 3.8) is 0 Å². The Balaban J connectivity index is 1.17. The summed E-state index contributed by atoms with van der Waals surface area (Å²) in [7, 11) is 0. The van der Waals surface area contributed by atoms with Crippen LogP contribution in [0.1, 0.15) is 49.7 Å². The molecule has 35 heavy (non-hydrogen) atoms. The van der Waals surface area contributed by atoms with E-state index in [9.17, 15) is 19.5 Å². The Kier molecular flexibility index (Phi) is 7.40. The molecule has 0 aromatic heterocycles. The highest BCUT2D eigenvalue weighted by Gasteiger charge is 2.44. The summed E-state index contributed by atoms with van der Waals surface area (Å²) in [5, 5.41) is 21.9. The summed E-state index contributed by atoms with van der Waals surface area (Å²) in [6, 6.07) is 16.4. The second-order valence-electron chi connectivity index (χ2n) is 9.59. The number of hydrogen-bond acceptors (Lipinski definition) is 5. The second kappa shape index (κ2) is 10.5. The number of carbonyl (C=O) groups is 3. The molecule has 2 aromatic carbocycles. The summed E-state index contributed by atoms with van der Waals surface area (Å²) in [5.41, 5.74) is 2.86. The first-order valence-corrected chi connectivity index (χ1v) is 12.1. The van der Waals surface area contributed by atoms with Crippen molar-refractivity contribution in [1.29, 1.82) is 0 Å². The SMILES string of the molecule is CC(CCNC(=O)OCC1c2ccccc2-c2ccccc21)CCC(=O)N1CCC(O)(C(=O)O)C1. The summed E-state index contributed by atoms with van der Waals surface area (Å²) in [5.74, 6) is -1.24. The summed E-state index contributed by atoms with van der Waals surface area (Å²) in [6.45, 7) is 2.79. The van der Waals surface area contributed by atoms with Gasteiger partial charge in [0.25, 0.3) is 0 Å². The number of aliphatic hydroxyl groups is 1. The number of benzene rings is 2. The lowest BCUT2D eigenvalue weighted by Gasteiger charge is -2.20. The molecule has 0 radical (unpaired) electrons. The highest BCUT2D eigenvalue weighted by molar-refractivity contribution is 5.82. The molecule has 2 unspecified atom stereocenters. The van der Waals surface area contributed by atoms with Crippen LogP contribution in [0, 0.1) is 5.92 Å². The topological polar surface area (TPSA) is 116 Å². The third-order valence-electron chi connectivity index (χ3n) is 7.10. The summed E-state index contributed by atoms with van der Waals surface area (Å²) >= 11 is 0. The molecule has 2 amide bonds. The molecule has 2 aromatic rings. The molecule has 4 rings (SSSR count). The van der Waals surface area contributed by atoms with E-state index in [-0.39, 0.29) is 50.3 Å². The van der Waals surface area contributed by atoms with Crippen LogP contribution in [0.4, 0.5) is 4.79 Å². The molecule has 1 heterocycles. The van der Waals surface area contributed by atoms with Gasteiger partial charge in [-0.15, -0.1) is 0 Å². The number of carbonyl (C=O) groups excluding carboxylic acids is 2. The first-order valence-electron chi connectivity index (χ1n) is 12.1. The Labute approximate surface area is 204 Å². The smallest absolute Gasteiger partial charge is 0.407 e. The van der Waals surface area contributed by atoms with Crippen molar-refractivity contribution in [3.05, 3.63) is 59.7 Å². The van der Waals surface area contributed by atoms with Gasteiger partial charge in [-0.1, -0.05) is 55.5 Å². The Morgan fingerprint density at radius 2 is 1.71 bits per heavy atom. The van der Waals surface area contributed by atoms with Crippen LogP contribution in [0.5, 0.6) is 0 Å². The van der Waals surface area contributed by atoms with E-state index in [1.807, 2.05) is 31.2 Å². The van der Waals surface area contributed by atoms with E-state index < -0.39 is 17.7 Å². The quantitative estimate of drug-likeness (QED) is 0.507. The predicted molar refractivity (Wildman–Crippen MR) is 130 cm³/mol. The molecule has 8 nitrogen and oxygen atoms in total. The summed E-state index contributed by atoms with van der Waals surface area (Å²) in [6.07, 6.45) is 1.18. The fraction of sp³-hybridized carbons (Fsp3) is 0.444. The number of aliphatic carboxylic acids is 1. The van der Waals surface area contributed by atoms with E-state index in [1.54, 1.807) is 0 Å². The average Bonchev–Trinajstić information content (AvgIpc) is 3.41. The number of nitrogens with one attached hydrogen (secondary N) is 1. The summed E-state index contributed by atoms with van der Waals surface area (Å²) in [4.78, 5) is 37.2. The lowest BCUT2D eigenvalue weighted by Crippen LogP contribution is -2.42. The minimum Gasteiger partial charge on any atom is -0.479 e. The van der Waals surface area contributed by atoms with Gasteiger partial charge in [0.2, 0.25) is 5.91 Å². The van der Waals surface area contributed by atoms with Gasteiger partial charge in [0.1, 0.15) is 6.61 Å². The molecule has 1 fully saturated rings. The molecule has 0 bridgehead atoms. The number of nitrogens with zero attached hydrogens (tertiary/aromatic N) is 1. The Morgan fingerprint density at radius 3 is 2.31 bits per heavy atom. The van der Waals surface area contributed by atoms with E-state index in [1.165, 1.54) is 27.2 Å². The molecular formula is C27H32N2O6. The molecule has 3 N–H and O–H groups in total. The fourth-order valence-corrected chi connectivity index (χ4v) is 4.92. The molecule has 1 saturated heterocycles. The molecule has 8 heteroatoms. The average molecular weight is 481 g/mol. The molecule has 2 aliphatic rings. The van der Waals surface area contributed by atoms with E-state index in [0.717, 1.165) is 0 Å². The van der Waals surface area contributed by atoms with Crippen LogP contribution in [-0.4, -0.2) is 64.9 Å². The van der Waals surface area contributed by atoms with Gasteiger partial charge in [0, 0.05) is 31.8 Å². The molecule has 2 atom stereocenters. The van der Waals surface area contributed by atoms with Gasteiger partial charge < -0.3 is 25.2 Å². The normalized spacial score (nSPS) is 19.7. The minimum absolute atomic E-state index is 0.0162. The fourth-order valence-electron chi connectivity index (χ4n) is 4.92. The number of β-amino-alcohol motifs (C(OH)–C–C–N with tert-alkyl or cyclic N) is 1. The predicted octanol–water partition coefficient (Wildman–Crippen LogP) is 3.38. The number of alkyl carbamates (subject to hydrolysis) is 1. The molecule has 0 saturated carbocycles. The van der Waals surface area contributed by atoms with Gasteiger partial charge in [0.05, 0.1) is 6.54 Å². The maximum atomic E-state index is 12.4. The molecular weight excluding hydrogens is 448 g/mol. The first kappa shape index (κ1) is 24.7. The van der Waals surface area contributed by atoms with Crippen molar-refractivity contribution in [2.45, 2.75) is 44.1 Å². The van der Waals surface area contributed by atoms with Crippen LogP contribution in [0.2, 0.25) is 0 Å². The van der Waals surface area contributed by atoms with Crippen LogP contribution >= 0.6 is 0 Å². The lowest BCUT2D eigenvalue weighted by molar-refractivity contribution is -0.157. The van der Waals surface area contributed by atoms with Crippen molar-refractivity contribution < 1.29 is 29.3 Å². The Hall–Kier alpha value is -3.39. The zero-order valence-electron chi connectivity index (χ0n) is 19.9. The number of fused-ring (bicyclic) bond motifs is 3. The summed E-state index contributed by atoms with van der Waals surface area (Å²) < 4.78 is 5.54. The van der Waals surface area contributed by atoms with E-state index in [4.69, 9.17) is 9.84 Å². The third kappa shape index (κ3) is 5.48. The van der Waals surface area contributed by atoms with E-state index >= 15 is 0 Å². The highest BCUT2D eigenvalue weighted by atomic mass is 16.5. The van der Waals surface area contributed by atoms with Crippen molar-refractivity contribution >= 4 is 18.0 Å². The second-order valence-corrected chi connectivity index (χ2v) is 9.59. The largest absolute Gasteiger partial charge is 0.479 e. The highest BCUT2D eigenvalue weighted by Crippen LogP contribution is 2.44. The van der Waals surface area contributed by atoms with Crippen molar-refractivity contribution in [1.82, 2.24) is 10.2 Å². The number of hydrogen-bond donors (Lipinski definition) is 3. The van der Waals surface area contributed by atoms with Gasteiger partial charge in [0.15, 0.2) is 5.60 Å². The number of rotatable bonds is 9. The van der Waals surface area contributed by atoms with Gasteiger partial charge in [-0.25, -0.2) is 9.59 Å². The van der Waals surface area contributed by atoms with Gasteiger partial charge in [-0.3, -0.25) is 4.79 Å². The van der Waals surface area contributed by atoms with Crippen LogP contribution < -0.4 is 5.32 Å². The zero-order valence-corrected chi connectivity index (χ0v) is 19.9. The molecule has 0 spiro atoms. The van der Waals surface area contributed by atoms with Crippen LogP contribution in [0.25, 0.3) is 11.1 Å². The maximum absolute atomic E-state index is 12.4. The third-order valence-corrected chi connectivity index (χ3v) is 7.10. The van der Waals surface area contributed by atoms with Crippen LogP contribution in [-0.2, 0) is 14.3 Å². The minimum atomic E-state index is -1.84. The van der Waals surface area contributed by atoms with Gasteiger partial charge >= 0.3 is 12.1 Å². The number of amides is 2. The van der Waals surface area contributed by atoms with Gasteiger partial charge in [-0.05, 0) is 41.0 Å². The number of carboxylic acids is 1. The van der Waals surface area contributed by atoms with Crippen molar-refractivity contribution in [2.24, 2.45) is 5.92 Å². The standard InChI is InChI=1S/C27H32N2O6/c1-18(10-11-24(30)29-15-13-27(34,17-29)25(31)32)12-14-28-26(33)35-16-23-21-8-4-2-6-19(21)20-7-3-5-9-22(20)23/h2-9,18,23,34H,10-17H2,1H3,(H,28,33)(H,31,32). The Morgan fingerprint density at radius 1 is 1.09 bits per heavy atom. The number of ether oxygens (including phenoxy) is 1.